The van der Waals surface area contributed by atoms with Crippen molar-refractivity contribution in [3.05, 3.63) is 42.1 Å². The van der Waals surface area contributed by atoms with E-state index in [0.717, 1.165) is 18.6 Å². The third-order valence-corrected chi connectivity index (χ3v) is 2.66. The highest BCUT2D eigenvalue weighted by Crippen LogP contribution is 2.17. The van der Waals surface area contributed by atoms with Crippen LogP contribution in [-0.4, -0.2) is 30.2 Å². The van der Waals surface area contributed by atoms with Gasteiger partial charge >= 0.3 is 0 Å². The first-order valence-electron chi connectivity index (χ1n) is 6.47. The molecule has 0 aliphatic carbocycles. The maximum absolute atomic E-state index is 13.1. The fraction of sp³-hybridized carbons (Fsp3) is 0.286. The zero-order chi connectivity index (χ0) is 15.1. The van der Waals surface area contributed by atoms with Gasteiger partial charge in [0.25, 0.3) is 0 Å². The monoisotopic (exact) mass is 294 g/mol. The third-order valence-electron chi connectivity index (χ3n) is 2.66. The van der Waals surface area contributed by atoms with Crippen molar-refractivity contribution < 1.29 is 13.5 Å². The number of hydrogen-bond acceptors (Lipinski definition) is 5. The van der Waals surface area contributed by atoms with Crippen molar-refractivity contribution in [1.82, 2.24) is 9.97 Å². The molecule has 0 saturated heterocycles. The van der Waals surface area contributed by atoms with E-state index in [0.29, 0.717) is 30.6 Å². The van der Waals surface area contributed by atoms with Crippen molar-refractivity contribution in [3.63, 3.8) is 0 Å². The third kappa shape index (κ3) is 4.64. The van der Waals surface area contributed by atoms with Crippen LogP contribution in [-0.2, 0) is 4.74 Å². The van der Waals surface area contributed by atoms with E-state index in [1.165, 1.54) is 6.07 Å². The lowest BCUT2D eigenvalue weighted by molar-refractivity contribution is 0.197. The molecule has 0 aliphatic rings. The van der Waals surface area contributed by atoms with Gasteiger partial charge in [0.1, 0.15) is 5.82 Å². The molecule has 1 heterocycles. The summed E-state index contributed by atoms with van der Waals surface area (Å²) in [4.78, 5) is 8.30. The normalized spacial score (nSPS) is 10.4. The Morgan fingerprint density at radius 2 is 2.05 bits per heavy atom. The molecule has 0 aliphatic heterocycles. The summed E-state index contributed by atoms with van der Waals surface area (Å²) in [5, 5.41) is 5.94. The number of hydrogen-bond donors (Lipinski definition) is 2. The van der Waals surface area contributed by atoms with Crippen LogP contribution in [0, 0.1) is 11.6 Å². The first kappa shape index (κ1) is 15.1. The topological polar surface area (TPSA) is 59.1 Å². The average Bonchev–Trinajstić information content (AvgIpc) is 2.48. The van der Waals surface area contributed by atoms with E-state index < -0.39 is 11.6 Å². The maximum Gasteiger partial charge on any atom is 0.224 e. The quantitative estimate of drug-likeness (QED) is 0.769. The van der Waals surface area contributed by atoms with Crippen molar-refractivity contribution in [2.45, 2.75) is 6.42 Å². The van der Waals surface area contributed by atoms with Crippen LogP contribution in [0.15, 0.2) is 30.5 Å². The Morgan fingerprint density at radius 3 is 2.81 bits per heavy atom. The van der Waals surface area contributed by atoms with Crippen LogP contribution in [0.1, 0.15) is 6.42 Å². The standard InChI is InChI=1S/C14H16F2N4O/c1-21-8-2-6-17-14-18-7-5-13(20-14)19-10-3-4-11(15)12(16)9-10/h3-5,7,9H,2,6,8H2,1H3,(H2,17,18,19,20). The first-order valence-corrected chi connectivity index (χ1v) is 6.47. The van der Waals surface area contributed by atoms with E-state index in [1.807, 2.05) is 0 Å². The number of methoxy groups -OCH3 is 1. The van der Waals surface area contributed by atoms with Crippen LogP contribution in [0.4, 0.5) is 26.2 Å². The minimum absolute atomic E-state index is 0.415. The molecule has 2 N–H and O–H groups in total. The van der Waals surface area contributed by atoms with Crippen molar-refractivity contribution >= 4 is 17.5 Å². The zero-order valence-corrected chi connectivity index (χ0v) is 11.6. The van der Waals surface area contributed by atoms with Gasteiger partial charge in [-0.3, -0.25) is 0 Å². The summed E-state index contributed by atoms with van der Waals surface area (Å²) in [6, 6.07) is 5.21. The van der Waals surface area contributed by atoms with Gasteiger partial charge in [0.15, 0.2) is 11.6 Å². The van der Waals surface area contributed by atoms with Crippen LogP contribution < -0.4 is 10.6 Å². The lowest BCUT2D eigenvalue weighted by Gasteiger charge is -2.08. The minimum Gasteiger partial charge on any atom is -0.385 e. The maximum atomic E-state index is 13.1. The molecular formula is C14H16F2N4O. The number of halogens is 2. The SMILES string of the molecule is COCCCNc1nccc(Nc2ccc(F)c(F)c2)n1. The van der Waals surface area contributed by atoms with Crippen molar-refractivity contribution in [2.75, 3.05) is 30.9 Å². The van der Waals surface area contributed by atoms with E-state index in [1.54, 1.807) is 19.4 Å². The van der Waals surface area contributed by atoms with Crippen LogP contribution in [0.5, 0.6) is 0 Å². The van der Waals surface area contributed by atoms with Gasteiger partial charge in [-0.05, 0) is 24.6 Å². The van der Waals surface area contributed by atoms with Crippen molar-refractivity contribution in [1.29, 1.82) is 0 Å². The number of anilines is 3. The Kier molecular flexibility index (Phi) is 5.39. The summed E-state index contributed by atoms with van der Waals surface area (Å²) in [7, 11) is 1.64. The van der Waals surface area contributed by atoms with Gasteiger partial charge in [-0.1, -0.05) is 0 Å². The summed E-state index contributed by atoms with van der Waals surface area (Å²) in [5.41, 5.74) is 0.415. The molecule has 0 spiro atoms. The van der Waals surface area contributed by atoms with Gasteiger partial charge in [-0.15, -0.1) is 0 Å². The second-order valence-electron chi connectivity index (χ2n) is 4.29. The van der Waals surface area contributed by atoms with E-state index in [4.69, 9.17) is 4.74 Å². The molecule has 21 heavy (non-hydrogen) atoms. The van der Waals surface area contributed by atoms with Crippen LogP contribution in [0.25, 0.3) is 0 Å². The zero-order valence-electron chi connectivity index (χ0n) is 11.6. The van der Waals surface area contributed by atoms with Gasteiger partial charge in [-0.25, -0.2) is 13.8 Å². The van der Waals surface area contributed by atoms with E-state index in [9.17, 15) is 8.78 Å². The van der Waals surface area contributed by atoms with E-state index >= 15 is 0 Å². The fourth-order valence-electron chi connectivity index (χ4n) is 1.65. The molecule has 0 fully saturated rings. The second-order valence-corrected chi connectivity index (χ2v) is 4.29. The Labute approximate surface area is 121 Å². The van der Waals surface area contributed by atoms with Gasteiger partial charge < -0.3 is 15.4 Å². The Balaban J connectivity index is 1.98. The Bertz CT molecular complexity index is 595. The highest BCUT2D eigenvalue weighted by molar-refractivity contribution is 5.56. The number of nitrogens with one attached hydrogen (secondary N) is 2. The molecule has 0 radical (unpaired) electrons. The summed E-state index contributed by atoms with van der Waals surface area (Å²) < 4.78 is 30.9. The van der Waals surface area contributed by atoms with Gasteiger partial charge in [-0.2, -0.15) is 4.98 Å². The highest BCUT2D eigenvalue weighted by Gasteiger charge is 2.04. The number of ether oxygens (including phenoxy) is 1. The molecular weight excluding hydrogens is 278 g/mol. The lowest BCUT2D eigenvalue weighted by Crippen LogP contribution is -2.08. The molecule has 0 bridgehead atoms. The molecule has 7 heteroatoms. The first-order chi connectivity index (χ1) is 10.2. The summed E-state index contributed by atoms with van der Waals surface area (Å²) >= 11 is 0. The molecule has 5 nitrogen and oxygen atoms in total. The van der Waals surface area contributed by atoms with Crippen LogP contribution in [0.2, 0.25) is 0 Å². The molecule has 1 aromatic carbocycles. The molecule has 0 unspecified atom stereocenters. The summed E-state index contributed by atoms with van der Waals surface area (Å²) in [6.45, 7) is 1.34. The van der Waals surface area contributed by atoms with Gasteiger partial charge in [0.05, 0.1) is 0 Å². The molecule has 0 atom stereocenters. The highest BCUT2D eigenvalue weighted by atomic mass is 19.2. The number of nitrogens with zero attached hydrogens (tertiary/aromatic N) is 2. The summed E-state index contributed by atoms with van der Waals surface area (Å²) in [6.07, 6.45) is 2.41. The van der Waals surface area contributed by atoms with Crippen LogP contribution in [0.3, 0.4) is 0 Å². The predicted octanol–water partition coefficient (Wildman–Crippen LogP) is 2.95. The number of rotatable bonds is 7. The predicted molar refractivity (Wildman–Crippen MR) is 76.7 cm³/mol. The second kappa shape index (κ2) is 7.49. The number of benzene rings is 1. The molecule has 1 aromatic heterocycles. The smallest absolute Gasteiger partial charge is 0.224 e. The van der Waals surface area contributed by atoms with Crippen LogP contribution >= 0.6 is 0 Å². The van der Waals surface area contributed by atoms with Gasteiger partial charge in [0, 0.05) is 38.2 Å². The van der Waals surface area contributed by atoms with Gasteiger partial charge in [0.2, 0.25) is 5.95 Å². The van der Waals surface area contributed by atoms with Crippen molar-refractivity contribution in [2.24, 2.45) is 0 Å². The molecule has 112 valence electrons. The fourth-order valence-corrected chi connectivity index (χ4v) is 1.65. The summed E-state index contributed by atoms with van der Waals surface area (Å²) in [5.74, 6) is -0.848. The van der Waals surface area contributed by atoms with Crippen molar-refractivity contribution in [3.8, 4) is 0 Å². The molecule has 2 rings (SSSR count). The Morgan fingerprint density at radius 1 is 1.19 bits per heavy atom. The molecule has 0 amide bonds. The average molecular weight is 294 g/mol. The Hall–Kier alpha value is -2.28. The van der Waals surface area contributed by atoms with E-state index in [-0.39, 0.29) is 0 Å². The largest absolute Gasteiger partial charge is 0.385 e. The lowest BCUT2D eigenvalue weighted by atomic mass is 10.3. The molecule has 2 aromatic rings. The minimum atomic E-state index is -0.910. The van der Waals surface area contributed by atoms with E-state index in [2.05, 4.69) is 20.6 Å². The number of aromatic nitrogens is 2. The molecule has 0 saturated carbocycles.